The minimum Gasteiger partial charge on any atom is -0.368 e. The Morgan fingerprint density at radius 2 is 2.41 bits per heavy atom. The molecule has 1 amide bonds. The summed E-state index contributed by atoms with van der Waals surface area (Å²) in [6, 6.07) is 6.75. The number of anilines is 1. The molecule has 4 nitrogen and oxygen atoms in total. The average Bonchev–Trinajstić information content (AvgIpc) is 2.82. The Morgan fingerprint density at radius 1 is 1.59 bits per heavy atom. The molecule has 1 aromatic rings. The smallest absolute Gasteiger partial charge is 0.253 e. The van der Waals surface area contributed by atoms with E-state index in [2.05, 4.69) is 5.32 Å². The number of amides is 1. The lowest BCUT2D eigenvalue weighted by atomic mass is 10.2. The van der Waals surface area contributed by atoms with Gasteiger partial charge in [-0.25, -0.2) is 0 Å². The van der Waals surface area contributed by atoms with Gasteiger partial charge in [-0.15, -0.1) is 0 Å². The van der Waals surface area contributed by atoms with Crippen LogP contribution in [0.3, 0.4) is 0 Å². The molecule has 1 fully saturated rings. The molecule has 0 aliphatic carbocycles. The standard InChI is InChI=1S/C12H11ClN2O2/c13-10-6-9(4-3-8(10)7-14)15-12(16)11-2-1-5-17-11/h3-4,6,11H,1-2,5H2,(H,15,16). The maximum atomic E-state index is 11.7. The maximum Gasteiger partial charge on any atom is 0.253 e. The summed E-state index contributed by atoms with van der Waals surface area (Å²) >= 11 is 5.87. The maximum absolute atomic E-state index is 11.7. The summed E-state index contributed by atoms with van der Waals surface area (Å²) in [6.45, 7) is 0.631. The lowest BCUT2D eigenvalue weighted by Crippen LogP contribution is -2.26. The fourth-order valence-electron chi connectivity index (χ4n) is 1.69. The zero-order valence-electron chi connectivity index (χ0n) is 9.07. The van der Waals surface area contributed by atoms with Gasteiger partial charge in [0.15, 0.2) is 0 Å². The summed E-state index contributed by atoms with van der Waals surface area (Å²) in [4.78, 5) is 11.7. The predicted molar refractivity (Wildman–Crippen MR) is 63.8 cm³/mol. The number of nitrogens with one attached hydrogen (secondary N) is 1. The number of hydrogen-bond acceptors (Lipinski definition) is 3. The van der Waals surface area contributed by atoms with Crippen LogP contribution in [0, 0.1) is 11.3 Å². The Morgan fingerprint density at radius 3 is 3.00 bits per heavy atom. The Hall–Kier alpha value is -1.57. The predicted octanol–water partition coefficient (Wildman–Crippen LogP) is 2.33. The van der Waals surface area contributed by atoms with E-state index in [1.54, 1.807) is 18.2 Å². The van der Waals surface area contributed by atoms with Crippen molar-refractivity contribution in [3.8, 4) is 6.07 Å². The molecule has 1 saturated heterocycles. The Balaban J connectivity index is 2.06. The van der Waals surface area contributed by atoms with Gasteiger partial charge in [0.1, 0.15) is 12.2 Å². The number of benzene rings is 1. The van der Waals surface area contributed by atoms with E-state index in [-0.39, 0.29) is 12.0 Å². The number of rotatable bonds is 2. The lowest BCUT2D eigenvalue weighted by molar-refractivity contribution is -0.124. The molecule has 1 aliphatic heterocycles. The van der Waals surface area contributed by atoms with Crippen LogP contribution in [0.1, 0.15) is 18.4 Å². The van der Waals surface area contributed by atoms with Crippen LogP contribution in [0.5, 0.6) is 0 Å². The number of ether oxygens (including phenoxy) is 1. The molecule has 1 N–H and O–H groups in total. The van der Waals surface area contributed by atoms with E-state index in [4.69, 9.17) is 21.6 Å². The van der Waals surface area contributed by atoms with Crippen LogP contribution in [0.4, 0.5) is 5.69 Å². The second-order valence-electron chi connectivity index (χ2n) is 3.80. The van der Waals surface area contributed by atoms with Crippen molar-refractivity contribution < 1.29 is 9.53 Å². The van der Waals surface area contributed by atoms with Gasteiger partial charge < -0.3 is 10.1 Å². The number of nitriles is 1. The van der Waals surface area contributed by atoms with E-state index in [1.807, 2.05) is 6.07 Å². The molecule has 0 aromatic heterocycles. The zero-order chi connectivity index (χ0) is 12.3. The fourth-order valence-corrected chi connectivity index (χ4v) is 1.91. The molecule has 1 atom stereocenters. The summed E-state index contributed by atoms with van der Waals surface area (Å²) in [5, 5.41) is 11.8. The number of carbonyl (C=O) groups excluding carboxylic acids is 1. The van der Waals surface area contributed by atoms with Crippen molar-refractivity contribution in [3.63, 3.8) is 0 Å². The fraction of sp³-hybridized carbons (Fsp3) is 0.333. The topological polar surface area (TPSA) is 62.1 Å². The summed E-state index contributed by atoms with van der Waals surface area (Å²) in [6.07, 6.45) is 1.28. The molecule has 1 unspecified atom stereocenters. The molecular weight excluding hydrogens is 240 g/mol. The van der Waals surface area contributed by atoms with Crippen molar-refractivity contribution in [2.45, 2.75) is 18.9 Å². The third-order valence-electron chi connectivity index (χ3n) is 2.58. The molecule has 17 heavy (non-hydrogen) atoms. The van der Waals surface area contributed by atoms with E-state index in [9.17, 15) is 4.79 Å². The second kappa shape index (κ2) is 5.17. The molecule has 1 heterocycles. The van der Waals surface area contributed by atoms with Gasteiger partial charge in [-0.2, -0.15) is 5.26 Å². The highest BCUT2D eigenvalue weighted by Crippen LogP contribution is 2.21. The molecule has 0 radical (unpaired) electrons. The van der Waals surface area contributed by atoms with Crippen LogP contribution in [0.15, 0.2) is 18.2 Å². The Labute approximate surface area is 104 Å². The first kappa shape index (κ1) is 11.9. The SMILES string of the molecule is N#Cc1ccc(NC(=O)C2CCCO2)cc1Cl. The number of halogens is 1. The van der Waals surface area contributed by atoms with Crippen LogP contribution < -0.4 is 5.32 Å². The van der Waals surface area contributed by atoms with Gasteiger partial charge in [0.05, 0.1) is 10.6 Å². The van der Waals surface area contributed by atoms with Gasteiger partial charge in [0.25, 0.3) is 5.91 Å². The monoisotopic (exact) mass is 250 g/mol. The third kappa shape index (κ3) is 2.76. The van der Waals surface area contributed by atoms with E-state index >= 15 is 0 Å². The van der Waals surface area contributed by atoms with E-state index in [0.717, 1.165) is 12.8 Å². The second-order valence-corrected chi connectivity index (χ2v) is 4.20. The van der Waals surface area contributed by atoms with Crippen LogP contribution in [-0.4, -0.2) is 18.6 Å². The zero-order valence-corrected chi connectivity index (χ0v) is 9.83. The molecular formula is C12H11ClN2O2. The largest absolute Gasteiger partial charge is 0.368 e. The third-order valence-corrected chi connectivity index (χ3v) is 2.89. The first-order valence-corrected chi connectivity index (χ1v) is 5.70. The van der Waals surface area contributed by atoms with Crippen molar-refractivity contribution >= 4 is 23.2 Å². The molecule has 5 heteroatoms. The van der Waals surface area contributed by atoms with E-state index < -0.39 is 0 Å². The molecule has 1 aromatic carbocycles. The van der Waals surface area contributed by atoms with Crippen molar-refractivity contribution in [2.75, 3.05) is 11.9 Å². The quantitative estimate of drug-likeness (QED) is 0.876. The summed E-state index contributed by atoms with van der Waals surface area (Å²) in [5.74, 6) is -0.164. The Bertz CT molecular complexity index is 476. The molecule has 0 saturated carbocycles. The average molecular weight is 251 g/mol. The number of hydrogen-bond donors (Lipinski definition) is 1. The van der Waals surface area contributed by atoms with Gasteiger partial charge in [-0.05, 0) is 31.0 Å². The molecule has 0 bridgehead atoms. The van der Waals surface area contributed by atoms with Gasteiger partial charge in [-0.3, -0.25) is 4.79 Å². The first-order valence-electron chi connectivity index (χ1n) is 5.33. The highest BCUT2D eigenvalue weighted by Gasteiger charge is 2.23. The lowest BCUT2D eigenvalue weighted by Gasteiger charge is -2.10. The van der Waals surface area contributed by atoms with Crippen molar-refractivity contribution in [3.05, 3.63) is 28.8 Å². The summed E-state index contributed by atoms with van der Waals surface area (Å²) in [7, 11) is 0. The Kier molecular flexibility index (Phi) is 3.62. The first-order chi connectivity index (χ1) is 8.20. The van der Waals surface area contributed by atoms with E-state index in [0.29, 0.717) is 22.9 Å². The highest BCUT2D eigenvalue weighted by molar-refractivity contribution is 6.32. The minimum absolute atomic E-state index is 0.164. The number of nitrogens with zero attached hydrogens (tertiary/aromatic N) is 1. The molecule has 88 valence electrons. The van der Waals surface area contributed by atoms with Crippen molar-refractivity contribution in [2.24, 2.45) is 0 Å². The molecule has 0 spiro atoms. The normalized spacial score (nSPS) is 18.7. The van der Waals surface area contributed by atoms with E-state index in [1.165, 1.54) is 0 Å². The van der Waals surface area contributed by atoms with Gasteiger partial charge >= 0.3 is 0 Å². The molecule has 2 rings (SSSR count). The van der Waals surface area contributed by atoms with Crippen LogP contribution >= 0.6 is 11.6 Å². The molecule has 1 aliphatic rings. The summed E-state index contributed by atoms with van der Waals surface area (Å²) < 4.78 is 5.26. The van der Waals surface area contributed by atoms with Crippen molar-refractivity contribution in [1.82, 2.24) is 0 Å². The number of carbonyl (C=O) groups is 1. The van der Waals surface area contributed by atoms with Crippen LogP contribution in [-0.2, 0) is 9.53 Å². The summed E-state index contributed by atoms with van der Waals surface area (Å²) in [5.41, 5.74) is 0.969. The van der Waals surface area contributed by atoms with Crippen LogP contribution in [0.25, 0.3) is 0 Å². The van der Waals surface area contributed by atoms with Gasteiger partial charge in [0.2, 0.25) is 0 Å². The minimum atomic E-state index is -0.371. The van der Waals surface area contributed by atoms with Crippen molar-refractivity contribution in [1.29, 1.82) is 5.26 Å². The highest BCUT2D eigenvalue weighted by atomic mass is 35.5. The van der Waals surface area contributed by atoms with Gasteiger partial charge in [0, 0.05) is 12.3 Å². The van der Waals surface area contributed by atoms with Crippen LogP contribution in [0.2, 0.25) is 5.02 Å². The van der Waals surface area contributed by atoms with Gasteiger partial charge in [-0.1, -0.05) is 11.6 Å².